The average molecular weight is 403 g/mol. The van der Waals surface area contributed by atoms with Gasteiger partial charge in [-0.05, 0) is 30.0 Å². The summed E-state index contributed by atoms with van der Waals surface area (Å²) in [7, 11) is 0. The maximum atomic E-state index is 12.4. The fourth-order valence-electron chi connectivity index (χ4n) is 1.99. The Morgan fingerprint density at radius 2 is 1.77 bits per heavy atom. The third kappa shape index (κ3) is 7.22. The second-order valence-corrected chi connectivity index (χ2v) is 7.47. The molecule has 2 N–H and O–H groups in total. The highest BCUT2D eigenvalue weighted by molar-refractivity contribution is 6.36. The van der Waals surface area contributed by atoms with E-state index in [4.69, 9.17) is 27.9 Å². The number of halogens is 2. The molecule has 144 valence electrons. The molecule has 0 aliphatic heterocycles. The van der Waals surface area contributed by atoms with E-state index in [1.807, 2.05) is 13.8 Å². The van der Waals surface area contributed by atoms with Crippen molar-refractivity contribution >= 4 is 41.0 Å². The van der Waals surface area contributed by atoms with E-state index in [0.717, 1.165) is 0 Å². The highest BCUT2D eigenvalue weighted by Gasteiger charge is 2.27. The van der Waals surface area contributed by atoms with E-state index in [1.54, 1.807) is 13.8 Å². The van der Waals surface area contributed by atoms with E-state index in [2.05, 4.69) is 10.6 Å². The van der Waals surface area contributed by atoms with E-state index < -0.39 is 24.5 Å². The van der Waals surface area contributed by atoms with Crippen LogP contribution >= 0.6 is 23.2 Å². The Labute approximate surface area is 163 Å². The molecule has 0 saturated heterocycles. The van der Waals surface area contributed by atoms with Gasteiger partial charge in [-0.15, -0.1) is 0 Å². The van der Waals surface area contributed by atoms with Crippen molar-refractivity contribution in [2.24, 2.45) is 11.8 Å². The summed E-state index contributed by atoms with van der Waals surface area (Å²) >= 11 is 11.8. The second-order valence-electron chi connectivity index (χ2n) is 6.62. The molecule has 1 aromatic carbocycles. The monoisotopic (exact) mass is 402 g/mol. The zero-order valence-corrected chi connectivity index (χ0v) is 16.8. The predicted molar refractivity (Wildman–Crippen MR) is 101 cm³/mol. The first kappa shape index (κ1) is 22.3. The first-order valence-electron chi connectivity index (χ1n) is 8.31. The maximum Gasteiger partial charge on any atom is 0.329 e. The van der Waals surface area contributed by atoms with E-state index in [9.17, 15) is 14.4 Å². The standard InChI is InChI=1S/C18H24Cl2N2O4/c1-10(2)8-21-15(23)9-26-18(25)16(11(3)4)22-17(24)13-6-5-12(19)7-14(13)20/h5-7,10-11,16H,8-9H2,1-4H3,(H,21,23)(H,22,24)/t16-/m0/s1. The SMILES string of the molecule is CC(C)CNC(=O)COC(=O)[C@@H](NC(=O)c1ccc(Cl)cc1Cl)C(C)C. The van der Waals surface area contributed by atoms with Crippen molar-refractivity contribution in [3.8, 4) is 0 Å². The third-order valence-corrected chi connectivity index (χ3v) is 3.98. The van der Waals surface area contributed by atoms with Crippen LogP contribution in [0.2, 0.25) is 10.0 Å². The van der Waals surface area contributed by atoms with E-state index >= 15 is 0 Å². The summed E-state index contributed by atoms with van der Waals surface area (Å²) < 4.78 is 5.03. The lowest BCUT2D eigenvalue weighted by molar-refractivity contribution is -0.151. The van der Waals surface area contributed by atoms with Crippen molar-refractivity contribution in [1.29, 1.82) is 0 Å². The Morgan fingerprint density at radius 3 is 2.31 bits per heavy atom. The topological polar surface area (TPSA) is 84.5 Å². The fourth-order valence-corrected chi connectivity index (χ4v) is 2.48. The van der Waals surface area contributed by atoms with Gasteiger partial charge in [0.1, 0.15) is 6.04 Å². The summed E-state index contributed by atoms with van der Waals surface area (Å²) in [6.45, 7) is 7.53. The number of hydrogen-bond acceptors (Lipinski definition) is 4. The van der Waals surface area contributed by atoms with Crippen molar-refractivity contribution in [1.82, 2.24) is 10.6 Å². The fraction of sp³-hybridized carbons (Fsp3) is 0.500. The van der Waals surface area contributed by atoms with Crippen LogP contribution in [-0.4, -0.2) is 37.0 Å². The van der Waals surface area contributed by atoms with Gasteiger partial charge in [-0.25, -0.2) is 4.79 Å². The number of amides is 2. The molecular formula is C18H24Cl2N2O4. The molecular weight excluding hydrogens is 379 g/mol. The third-order valence-electron chi connectivity index (χ3n) is 3.44. The summed E-state index contributed by atoms with van der Waals surface area (Å²) in [6, 6.07) is 3.54. The Kier molecular flexibility index (Phi) is 8.88. The molecule has 0 saturated carbocycles. The molecule has 0 spiro atoms. The van der Waals surface area contributed by atoms with Crippen molar-refractivity contribution < 1.29 is 19.1 Å². The summed E-state index contributed by atoms with van der Waals surface area (Å²) in [6.07, 6.45) is 0. The van der Waals surface area contributed by atoms with E-state index in [1.165, 1.54) is 18.2 Å². The molecule has 0 aliphatic carbocycles. The van der Waals surface area contributed by atoms with Crippen LogP contribution in [0.5, 0.6) is 0 Å². The van der Waals surface area contributed by atoms with Gasteiger partial charge in [-0.2, -0.15) is 0 Å². The Morgan fingerprint density at radius 1 is 1.12 bits per heavy atom. The Hall–Kier alpha value is -1.79. The molecule has 1 rings (SSSR count). The minimum atomic E-state index is -0.910. The average Bonchev–Trinajstić information content (AvgIpc) is 2.55. The molecule has 1 atom stereocenters. The van der Waals surface area contributed by atoms with Crippen molar-refractivity contribution in [2.45, 2.75) is 33.7 Å². The van der Waals surface area contributed by atoms with Gasteiger partial charge in [0.05, 0.1) is 10.6 Å². The molecule has 0 fully saturated rings. The Balaban J connectivity index is 2.68. The molecule has 6 nitrogen and oxygen atoms in total. The zero-order chi connectivity index (χ0) is 19.9. The number of nitrogens with one attached hydrogen (secondary N) is 2. The van der Waals surface area contributed by atoms with Crippen LogP contribution in [0.4, 0.5) is 0 Å². The number of carbonyl (C=O) groups is 3. The first-order valence-corrected chi connectivity index (χ1v) is 9.06. The molecule has 0 heterocycles. The van der Waals surface area contributed by atoms with Gasteiger partial charge in [0.2, 0.25) is 0 Å². The highest BCUT2D eigenvalue weighted by atomic mass is 35.5. The van der Waals surface area contributed by atoms with Gasteiger partial charge >= 0.3 is 5.97 Å². The molecule has 1 aromatic rings. The van der Waals surface area contributed by atoms with Crippen molar-refractivity contribution in [3.63, 3.8) is 0 Å². The molecule has 26 heavy (non-hydrogen) atoms. The molecule has 0 unspecified atom stereocenters. The quantitative estimate of drug-likeness (QED) is 0.654. The summed E-state index contributed by atoms with van der Waals surface area (Å²) in [4.78, 5) is 36.3. The van der Waals surface area contributed by atoms with Crippen molar-refractivity contribution in [2.75, 3.05) is 13.2 Å². The molecule has 0 aliphatic rings. The van der Waals surface area contributed by atoms with Gasteiger partial charge in [0, 0.05) is 11.6 Å². The number of rotatable bonds is 8. The van der Waals surface area contributed by atoms with Crippen LogP contribution in [-0.2, 0) is 14.3 Å². The number of ether oxygens (including phenoxy) is 1. The van der Waals surface area contributed by atoms with Crippen LogP contribution in [0, 0.1) is 11.8 Å². The van der Waals surface area contributed by atoms with Crippen LogP contribution in [0.1, 0.15) is 38.1 Å². The number of hydrogen-bond donors (Lipinski definition) is 2. The first-order chi connectivity index (χ1) is 12.1. The lowest BCUT2D eigenvalue weighted by Crippen LogP contribution is -2.46. The van der Waals surface area contributed by atoms with E-state index in [0.29, 0.717) is 17.5 Å². The second kappa shape index (κ2) is 10.4. The summed E-state index contributed by atoms with van der Waals surface area (Å²) in [5, 5.41) is 5.83. The van der Waals surface area contributed by atoms with E-state index in [-0.39, 0.29) is 22.4 Å². The minimum Gasteiger partial charge on any atom is -0.454 e. The molecule has 0 aromatic heterocycles. The number of esters is 1. The zero-order valence-electron chi connectivity index (χ0n) is 15.3. The van der Waals surface area contributed by atoms with Gasteiger partial charge in [0.15, 0.2) is 6.61 Å². The summed E-state index contributed by atoms with van der Waals surface area (Å²) in [5.41, 5.74) is 0.198. The van der Waals surface area contributed by atoms with Gasteiger partial charge in [0.25, 0.3) is 11.8 Å². The van der Waals surface area contributed by atoms with Crippen LogP contribution in [0.15, 0.2) is 18.2 Å². The molecule has 2 amide bonds. The largest absolute Gasteiger partial charge is 0.454 e. The number of carbonyl (C=O) groups excluding carboxylic acids is 3. The molecule has 0 bridgehead atoms. The molecule has 0 radical (unpaired) electrons. The highest BCUT2D eigenvalue weighted by Crippen LogP contribution is 2.21. The van der Waals surface area contributed by atoms with Gasteiger partial charge < -0.3 is 15.4 Å². The lowest BCUT2D eigenvalue weighted by atomic mass is 10.0. The van der Waals surface area contributed by atoms with Gasteiger partial charge in [-0.1, -0.05) is 50.9 Å². The van der Waals surface area contributed by atoms with Crippen LogP contribution in [0.25, 0.3) is 0 Å². The normalized spacial score (nSPS) is 12.0. The Bertz CT molecular complexity index is 663. The van der Waals surface area contributed by atoms with Gasteiger partial charge in [-0.3, -0.25) is 9.59 Å². The number of benzene rings is 1. The van der Waals surface area contributed by atoms with Crippen molar-refractivity contribution in [3.05, 3.63) is 33.8 Å². The maximum absolute atomic E-state index is 12.4. The smallest absolute Gasteiger partial charge is 0.329 e. The lowest BCUT2D eigenvalue weighted by Gasteiger charge is -2.21. The van der Waals surface area contributed by atoms with Crippen LogP contribution < -0.4 is 10.6 Å². The van der Waals surface area contributed by atoms with Crippen LogP contribution in [0.3, 0.4) is 0 Å². The minimum absolute atomic E-state index is 0.180. The summed E-state index contributed by atoms with van der Waals surface area (Å²) in [5.74, 6) is -1.54. The predicted octanol–water partition coefficient (Wildman–Crippen LogP) is 3.06. The molecule has 8 heteroatoms.